The lowest BCUT2D eigenvalue weighted by molar-refractivity contribution is -0.111. The van der Waals surface area contributed by atoms with Crippen molar-refractivity contribution in [2.45, 2.75) is 32.6 Å². The van der Waals surface area contributed by atoms with Crippen LogP contribution in [0.1, 0.15) is 32.6 Å². The van der Waals surface area contributed by atoms with Gasteiger partial charge in [-0.2, -0.15) is 0 Å². The van der Waals surface area contributed by atoms with Gasteiger partial charge in [0, 0.05) is 11.1 Å². The highest BCUT2D eigenvalue weighted by Crippen LogP contribution is 2.22. The average molecular weight is 267 g/mol. The summed E-state index contributed by atoms with van der Waals surface area (Å²) in [5.41, 5.74) is 0.867. The summed E-state index contributed by atoms with van der Waals surface area (Å²) in [6.45, 7) is 2.18. The number of fused-ring (bicyclic) bond motifs is 1. The van der Waals surface area contributed by atoms with Gasteiger partial charge >= 0.3 is 0 Å². The van der Waals surface area contributed by atoms with Crippen LogP contribution in [-0.2, 0) is 4.79 Å². The molecule has 0 fully saturated rings. The number of unbranched alkanes of at least 4 members (excludes halogenated alkanes) is 3. The van der Waals surface area contributed by atoms with E-state index in [-0.39, 0.29) is 5.91 Å². The number of nitrogens with one attached hydrogen (secondary N) is 1. The van der Waals surface area contributed by atoms with Gasteiger partial charge in [0.2, 0.25) is 5.91 Å². The Hall–Kier alpha value is -2.09. The Balaban J connectivity index is 1.99. The standard InChI is InChI=1S/C18H21NO/c1-2-3-4-5-6-14-18(20)19-17-13-9-11-15-10-7-8-12-16(15)17/h6-14H,2-5H2,1H3,(H,19,20)/b14-6+. The van der Waals surface area contributed by atoms with Crippen LogP contribution >= 0.6 is 0 Å². The van der Waals surface area contributed by atoms with E-state index in [1.54, 1.807) is 6.08 Å². The second-order valence-corrected chi connectivity index (χ2v) is 4.91. The highest BCUT2D eigenvalue weighted by atomic mass is 16.1. The molecule has 0 aliphatic carbocycles. The van der Waals surface area contributed by atoms with Crippen molar-refractivity contribution in [3.63, 3.8) is 0 Å². The van der Waals surface area contributed by atoms with E-state index >= 15 is 0 Å². The summed E-state index contributed by atoms with van der Waals surface area (Å²) in [5, 5.41) is 5.16. The number of carbonyl (C=O) groups excluding carboxylic acids is 1. The number of anilines is 1. The first-order valence-corrected chi connectivity index (χ1v) is 7.26. The second kappa shape index (κ2) is 7.49. The lowest BCUT2D eigenvalue weighted by Gasteiger charge is -2.06. The minimum atomic E-state index is -0.0575. The molecule has 0 saturated heterocycles. The van der Waals surface area contributed by atoms with Crippen LogP contribution in [0.15, 0.2) is 54.6 Å². The molecule has 0 saturated carbocycles. The smallest absolute Gasteiger partial charge is 0.248 e. The molecule has 2 nitrogen and oxygen atoms in total. The lowest BCUT2D eigenvalue weighted by atomic mass is 10.1. The lowest BCUT2D eigenvalue weighted by Crippen LogP contribution is -2.08. The topological polar surface area (TPSA) is 29.1 Å². The van der Waals surface area contributed by atoms with Crippen LogP contribution in [0.2, 0.25) is 0 Å². The summed E-state index contributed by atoms with van der Waals surface area (Å²) in [6.07, 6.45) is 8.13. The molecule has 0 bridgehead atoms. The summed E-state index contributed by atoms with van der Waals surface area (Å²) in [6, 6.07) is 14.0. The Morgan fingerprint density at radius 1 is 1.10 bits per heavy atom. The van der Waals surface area contributed by atoms with Crippen LogP contribution in [0, 0.1) is 0 Å². The third-order valence-electron chi connectivity index (χ3n) is 3.29. The Morgan fingerprint density at radius 3 is 2.75 bits per heavy atom. The monoisotopic (exact) mass is 267 g/mol. The second-order valence-electron chi connectivity index (χ2n) is 4.91. The van der Waals surface area contributed by atoms with E-state index in [9.17, 15) is 4.79 Å². The Labute approximate surface area is 120 Å². The number of carbonyl (C=O) groups is 1. The summed E-state index contributed by atoms with van der Waals surface area (Å²) < 4.78 is 0. The normalized spacial score (nSPS) is 11.1. The van der Waals surface area contributed by atoms with Gasteiger partial charge in [-0.25, -0.2) is 0 Å². The average Bonchev–Trinajstić information content (AvgIpc) is 2.47. The van der Waals surface area contributed by atoms with Crippen LogP contribution in [0.4, 0.5) is 5.69 Å². The number of amides is 1. The molecule has 2 rings (SSSR count). The van der Waals surface area contributed by atoms with Crippen LogP contribution < -0.4 is 5.32 Å². The Morgan fingerprint density at radius 2 is 1.90 bits per heavy atom. The summed E-state index contributed by atoms with van der Waals surface area (Å²) in [5.74, 6) is -0.0575. The SMILES string of the molecule is CCCCC/C=C/C(=O)Nc1cccc2ccccc12. The van der Waals surface area contributed by atoms with Gasteiger partial charge in [-0.1, -0.05) is 62.2 Å². The molecule has 1 amide bonds. The molecule has 2 aromatic carbocycles. The molecule has 0 heterocycles. The van der Waals surface area contributed by atoms with Gasteiger partial charge in [0.05, 0.1) is 0 Å². The first-order valence-electron chi connectivity index (χ1n) is 7.26. The van der Waals surface area contributed by atoms with E-state index in [0.717, 1.165) is 29.3 Å². The molecule has 2 heteroatoms. The maximum absolute atomic E-state index is 11.9. The van der Waals surface area contributed by atoms with E-state index in [2.05, 4.69) is 12.2 Å². The number of hydrogen-bond acceptors (Lipinski definition) is 1. The molecule has 0 radical (unpaired) electrons. The maximum Gasteiger partial charge on any atom is 0.248 e. The van der Waals surface area contributed by atoms with Gasteiger partial charge in [-0.05, 0) is 30.4 Å². The molecule has 0 aliphatic rings. The van der Waals surface area contributed by atoms with E-state index in [1.165, 1.54) is 12.8 Å². The van der Waals surface area contributed by atoms with E-state index in [1.807, 2.05) is 48.5 Å². The Bertz CT molecular complexity index is 596. The molecule has 0 atom stereocenters. The van der Waals surface area contributed by atoms with Gasteiger partial charge < -0.3 is 5.32 Å². The zero-order valence-electron chi connectivity index (χ0n) is 11.9. The van der Waals surface area contributed by atoms with E-state index < -0.39 is 0 Å². The summed E-state index contributed by atoms with van der Waals surface area (Å²) >= 11 is 0. The van der Waals surface area contributed by atoms with Crippen molar-refractivity contribution in [3.05, 3.63) is 54.6 Å². The quantitative estimate of drug-likeness (QED) is 0.584. The number of rotatable bonds is 6. The Kier molecular flexibility index (Phi) is 5.36. The molecule has 0 unspecified atom stereocenters. The number of hydrogen-bond donors (Lipinski definition) is 1. The van der Waals surface area contributed by atoms with Crippen LogP contribution in [0.3, 0.4) is 0 Å². The van der Waals surface area contributed by atoms with Crippen LogP contribution in [0.5, 0.6) is 0 Å². The van der Waals surface area contributed by atoms with Crippen molar-refractivity contribution in [1.82, 2.24) is 0 Å². The van der Waals surface area contributed by atoms with Gasteiger partial charge in [0.15, 0.2) is 0 Å². The molecular formula is C18H21NO. The fraction of sp³-hybridized carbons (Fsp3) is 0.278. The van der Waals surface area contributed by atoms with Crippen molar-refractivity contribution in [1.29, 1.82) is 0 Å². The fourth-order valence-electron chi connectivity index (χ4n) is 2.21. The zero-order valence-corrected chi connectivity index (χ0v) is 11.9. The minimum absolute atomic E-state index is 0.0575. The van der Waals surface area contributed by atoms with Crippen LogP contribution in [0.25, 0.3) is 10.8 Å². The van der Waals surface area contributed by atoms with E-state index in [0.29, 0.717) is 0 Å². The van der Waals surface area contributed by atoms with Gasteiger partial charge in [-0.15, -0.1) is 0 Å². The third-order valence-corrected chi connectivity index (χ3v) is 3.29. The van der Waals surface area contributed by atoms with Crippen molar-refractivity contribution in [2.24, 2.45) is 0 Å². The van der Waals surface area contributed by atoms with Crippen molar-refractivity contribution >= 4 is 22.4 Å². The largest absolute Gasteiger partial charge is 0.322 e. The highest BCUT2D eigenvalue weighted by Gasteiger charge is 2.02. The number of allylic oxidation sites excluding steroid dienone is 1. The molecule has 104 valence electrons. The number of benzene rings is 2. The predicted octanol–water partition coefficient (Wildman–Crippen LogP) is 4.91. The molecule has 20 heavy (non-hydrogen) atoms. The zero-order chi connectivity index (χ0) is 14.2. The molecular weight excluding hydrogens is 246 g/mol. The van der Waals surface area contributed by atoms with E-state index in [4.69, 9.17) is 0 Å². The highest BCUT2D eigenvalue weighted by molar-refractivity contribution is 6.06. The summed E-state index contributed by atoms with van der Waals surface area (Å²) in [4.78, 5) is 11.9. The first-order chi connectivity index (χ1) is 9.81. The first kappa shape index (κ1) is 14.3. The molecule has 0 aromatic heterocycles. The van der Waals surface area contributed by atoms with Gasteiger partial charge in [0.25, 0.3) is 0 Å². The molecule has 0 aliphatic heterocycles. The predicted molar refractivity (Wildman–Crippen MR) is 85.9 cm³/mol. The molecule has 0 spiro atoms. The summed E-state index contributed by atoms with van der Waals surface area (Å²) in [7, 11) is 0. The fourth-order valence-corrected chi connectivity index (χ4v) is 2.21. The maximum atomic E-state index is 11.9. The van der Waals surface area contributed by atoms with Gasteiger partial charge in [0.1, 0.15) is 0 Å². The minimum Gasteiger partial charge on any atom is -0.322 e. The van der Waals surface area contributed by atoms with Crippen molar-refractivity contribution in [3.8, 4) is 0 Å². The molecule has 1 N–H and O–H groups in total. The van der Waals surface area contributed by atoms with Crippen LogP contribution in [-0.4, -0.2) is 5.91 Å². The van der Waals surface area contributed by atoms with Gasteiger partial charge in [-0.3, -0.25) is 4.79 Å². The third kappa shape index (κ3) is 3.95. The van der Waals surface area contributed by atoms with Crippen molar-refractivity contribution < 1.29 is 4.79 Å². The van der Waals surface area contributed by atoms with Crippen molar-refractivity contribution in [2.75, 3.05) is 5.32 Å². The molecule has 2 aromatic rings.